The van der Waals surface area contributed by atoms with Crippen molar-refractivity contribution in [2.45, 2.75) is 50.4 Å². The summed E-state index contributed by atoms with van der Waals surface area (Å²) in [4.78, 5) is 23.6. The van der Waals surface area contributed by atoms with E-state index in [0.717, 1.165) is 17.7 Å². The number of carbonyl (C=O) groups is 2. The maximum Gasteiger partial charge on any atom is 0.408 e. The van der Waals surface area contributed by atoms with Crippen LogP contribution >= 0.6 is 0 Å². The highest BCUT2D eigenvalue weighted by atomic mass is 19.1. The number of fused-ring (bicyclic) bond motifs is 3. The molecule has 5 atom stereocenters. The Bertz CT molecular complexity index is 411. The number of halogens is 1. The fraction of sp³-hybridized carbons (Fsp3) is 0.846. The van der Waals surface area contributed by atoms with E-state index in [2.05, 4.69) is 0 Å². The standard InChI is InChI=1S/C13H18FNO4/c14-10-7-3-4-9(8(10)5-6-1-2-6)15(13(18)19)11(7)12(16)17/h6-11H,1-5H2,(H,16,17)(H,18,19)/t7-,8-,9+,10-,11+/m1/s1. The van der Waals surface area contributed by atoms with Crippen molar-refractivity contribution in [2.24, 2.45) is 17.8 Å². The van der Waals surface area contributed by atoms with Gasteiger partial charge in [-0.25, -0.2) is 14.0 Å². The van der Waals surface area contributed by atoms with E-state index in [1.54, 1.807) is 0 Å². The smallest absolute Gasteiger partial charge is 0.408 e. The van der Waals surface area contributed by atoms with Crippen molar-refractivity contribution in [2.75, 3.05) is 0 Å². The lowest BCUT2D eigenvalue weighted by molar-refractivity contribution is -0.160. The summed E-state index contributed by atoms with van der Waals surface area (Å²) < 4.78 is 14.5. The molecule has 2 aliphatic carbocycles. The summed E-state index contributed by atoms with van der Waals surface area (Å²) in [6, 6.07) is -1.67. The summed E-state index contributed by atoms with van der Waals surface area (Å²) in [5, 5.41) is 18.5. The summed E-state index contributed by atoms with van der Waals surface area (Å²) in [7, 11) is 0. The molecule has 2 saturated carbocycles. The Balaban J connectivity index is 1.89. The molecule has 0 aromatic heterocycles. The van der Waals surface area contributed by atoms with Crippen molar-refractivity contribution in [1.82, 2.24) is 4.90 Å². The van der Waals surface area contributed by atoms with E-state index in [0.29, 0.717) is 25.2 Å². The number of rotatable bonds is 3. The second kappa shape index (κ2) is 4.35. The van der Waals surface area contributed by atoms with Gasteiger partial charge in [0.2, 0.25) is 0 Å². The molecule has 2 N–H and O–H groups in total. The maximum absolute atomic E-state index is 14.5. The third-order valence-corrected chi connectivity index (χ3v) is 4.95. The first-order chi connectivity index (χ1) is 9.00. The second-order valence-electron chi connectivity index (χ2n) is 6.07. The summed E-state index contributed by atoms with van der Waals surface area (Å²) in [5.41, 5.74) is 0. The minimum Gasteiger partial charge on any atom is -0.480 e. The summed E-state index contributed by atoms with van der Waals surface area (Å²) in [6.07, 6.45) is 1.57. The van der Waals surface area contributed by atoms with Gasteiger partial charge in [0.15, 0.2) is 0 Å². The van der Waals surface area contributed by atoms with Gasteiger partial charge in [-0.2, -0.15) is 0 Å². The van der Waals surface area contributed by atoms with Crippen LogP contribution in [-0.4, -0.2) is 45.4 Å². The number of nitrogens with zero attached hydrogens (tertiary/aromatic N) is 1. The molecular formula is C13H18FNO4. The van der Waals surface area contributed by atoms with Gasteiger partial charge in [-0.3, -0.25) is 4.90 Å². The Kier molecular flexibility index (Phi) is 2.91. The van der Waals surface area contributed by atoms with E-state index in [4.69, 9.17) is 0 Å². The van der Waals surface area contributed by atoms with Crippen molar-refractivity contribution in [1.29, 1.82) is 0 Å². The Labute approximate surface area is 110 Å². The molecular weight excluding hydrogens is 253 g/mol. The van der Waals surface area contributed by atoms with Crippen molar-refractivity contribution >= 4 is 12.1 Å². The lowest BCUT2D eigenvalue weighted by atomic mass is 9.66. The molecule has 0 aromatic rings. The van der Waals surface area contributed by atoms with E-state index < -0.39 is 36.2 Å². The van der Waals surface area contributed by atoms with Gasteiger partial charge in [0.25, 0.3) is 0 Å². The lowest BCUT2D eigenvalue weighted by Gasteiger charge is -2.54. The van der Waals surface area contributed by atoms with E-state index in [9.17, 15) is 24.2 Å². The van der Waals surface area contributed by atoms with Gasteiger partial charge >= 0.3 is 12.1 Å². The zero-order valence-electron chi connectivity index (χ0n) is 10.5. The number of amides is 1. The van der Waals surface area contributed by atoms with E-state index in [1.165, 1.54) is 0 Å². The van der Waals surface area contributed by atoms with Crippen LogP contribution in [0.25, 0.3) is 0 Å². The van der Waals surface area contributed by atoms with Gasteiger partial charge < -0.3 is 10.2 Å². The van der Waals surface area contributed by atoms with Crippen molar-refractivity contribution in [3.05, 3.63) is 0 Å². The molecule has 0 radical (unpaired) electrons. The van der Waals surface area contributed by atoms with Gasteiger partial charge in [-0.15, -0.1) is 0 Å². The van der Waals surface area contributed by atoms with E-state index in [-0.39, 0.29) is 5.92 Å². The van der Waals surface area contributed by atoms with Gasteiger partial charge in [0, 0.05) is 17.9 Å². The molecule has 106 valence electrons. The zero-order valence-corrected chi connectivity index (χ0v) is 10.5. The molecule has 1 amide bonds. The van der Waals surface area contributed by atoms with Crippen LogP contribution in [0.2, 0.25) is 0 Å². The van der Waals surface area contributed by atoms with Crippen LogP contribution in [0.5, 0.6) is 0 Å². The summed E-state index contributed by atoms with van der Waals surface area (Å²) in [5.74, 6) is -1.69. The predicted molar refractivity (Wildman–Crippen MR) is 63.5 cm³/mol. The van der Waals surface area contributed by atoms with Crippen molar-refractivity contribution in [3.63, 3.8) is 0 Å². The van der Waals surface area contributed by atoms with Crippen molar-refractivity contribution in [3.8, 4) is 0 Å². The highest BCUT2D eigenvalue weighted by Gasteiger charge is 2.58. The molecule has 4 rings (SSSR count). The molecule has 4 fully saturated rings. The Morgan fingerprint density at radius 3 is 2.37 bits per heavy atom. The third-order valence-electron chi connectivity index (χ3n) is 4.95. The average molecular weight is 271 g/mol. The van der Waals surface area contributed by atoms with E-state index in [1.807, 2.05) is 0 Å². The number of hydrogen-bond donors (Lipinski definition) is 2. The molecule has 2 saturated heterocycles. The van der Waals surface area contributed by atoms with Crippen LogP contribution in [0.3, 0.4) is 0 Å². The number of carboxylic acid groups (broad SMARTS) is 2. The maximum atomic E-state index is 14.5. The van der Waals surface area contributed by atoms with Crippen LogP contribution in [-0.2, 0) is 4.79 Å². The fourth-order valence-electron chi connectivity index (χ4n) is 3.94. The van der Waals surface area contributed by atoms with Gasteiger partial charge in [0.1, 0.15) is 12.2 Å². The van der Waals surface area contributed by atoms with Gasteiger partial charge in [-0.05, 0) is 25.2 Å². The molecule has 19 heavy (non-hydrogen) atoms. The molecule has 2 aliphatic heterocycles. The quantitative estimate of drug-likeness (QED) is 0.822. The first-order valence-electron chi connectivity index (χ1n) is 6.89. The minimum atomic E-state index is -1.23. The zero-order chi connectivity index (χ0) is 13.7. The number of hydrogen-bond acceptors (Lipinski definition) is 2. The predicted octanol–water partition coefficient (Wildman–Crippen LogP) is 1.97. The molecule has 0 unspecified atom stereocenters. The molecule has 2 bridgehead atoms. The summed E-state index contributed by atoms with van der Waals surface area (Å²) in [6.45, 7) is 0. The Hall–Kier alpha value is -1.33. The monoisotopic (exact) mass is 271 g/mol. The number of aliphatic carboxylic acids is 1. The highest BCUT2D eigenvalue weighted by Crippen LogP contribution is 2.49. The second-order valence-corrected chi connectivity index (χ2v) is 6.07. The van der Waals surface area contributed by atoms with Crippen LogP contribution in [0.1, 0.15) is 32.1 Å². The first-order valence-corrected chi connectivity index (χ1v) is 6.89. The molecule has 0 spiro atoms. The van der Waals surface area contributed by atoms with E-state index >= 15 is 0 Å². The highest BCUT2D eigenvalue weighted by molar-refractivity contribution is 5.80. The van der Waals surface area contributed by atoms with Crippen LogP contribution in [0, 0.1) is 17.8 Å². The topological polar surface area (TPSA) is 77.8 Å². The lowest BCUT2D eigenvalue weighted by Crippen LogP contribution is -2.67. The molecule has 2 heterocycles. The average Bonchev–Trinajstić information content (AvgIpc) is 3.16. The van der Waals surface area contributed by atoms with Crippen LogP contribution in [0.15, 0.2) is 0 Å². The normalized spacial score (nSPS) is 41.3. The number of carboxylic acids is 1. The van der Waals surface area contributed by atoms with Gasteiger partial charge in [-0.1, -0.05) is 12.8 Å². The molecule has 4 aliphatic rings. The number of alkyl halides is 1. The van der Waals surface area contributed by atoms with Gasteiger partial charge in [0.05, 0.1) is 0 Å². The minimum absolute atomic E-state index is 0.307. The molecule has 5 nitrogen and oxygen atoms in total. The Morgan fingerprint density at radius 2 is 1.84 bits per heavy atom. The third kappa shape index (κ3) is 1.97. The van der Waals surface area contributed by atoms with Crippen molar-refractivity contribution < 1.29 is 24.2 Å². The van der Waals surface area contributed by atoms with Crippen LogP contribution in [0.4, 0.5) is 9.18 Å². The fourth-order valence-corrected chi connectivity index (χ4v) is 3.94. The number of piperidine rings is 2. The summed E-state index contributed by atoms with van der Waals surface area (Å²) >= 11 is 0. The molecule has 0 aromatic carbocycles. The van der Waals surface area contributed by atoms with Crippen LogP contribution < -0.4 is 0 Å². The Morgan fingerprint density at radius 1 is 1.16 bits per heavy atom. The first kappa shape index (κ1) is 12.7. The largest absolute Gasteiger partial charge is 0.480 e. The SMILES string of the molecule is O=C(O)[C@@H]1[C@@H]2CC[C@@H]([C@@H](CC3CC3)[C@@H]2F)N1C(=O)O. The molecule has 6 heteroatoms.